The number of rotatable bonds is 4. The van der Waals surface area contributed by atoms with Crippen LogP contribution in [0.2, 0.25) is 5.02 Å². The molecule has 94 valence electrons. The Morgan fingerprint density at radius 3 is 2.59 bits per heavy atom. The Kier molecular flexibility index (Phi) is 4.07. The monoisotopic (exact) mass is 273 g/mol. The fourth-order valence-corrected chi connectivity index (χ4v) is 4.04. The van der Waals surface area contributed by atoms with E-state index < -0.39 is 9.84 Å². The predicted octanol–water partition coefficient (Wildman–Crippen LogP) is 1.86. The number of sulfone groups is 1. The van der Waals surface area contributed by atoms with Gasteiger partial charge in [-0.1, -0.05) is 23.7 Å². The van der Waals surface area contributed by atoms with E-state index in [-0.39, 0.29) is 5.92 Å². The summed E-state index contributed by atoms with van der Waals surface area (Å²) in [6.45, 7) is 1.52. The summed E-state index contributed by atoms with van der Waals surface area (Å²) in [6, 6.07) is 7.67. The maximum absolute atomic E-state index is 11.3. The Morgan fingerprint density at radius 2 is 2.00 bits per heavy atom. The molecule has 0 spiro atoms. The highest BCUT2D eigenvalue weighted by molar-refractivity contribution is 7.91. The average Bonchev–Trinajstić information content (AvgIpc) is 2.61. The molecule has 1 aromatic carbocycles. The lowest BCUT2D eigenvalue weighted by atomic mass is 10.1. The average molecular weight is 274 g/mol. The van der Waals surface area contributed by atoms with Crippen LogP contribution in [-0.2, 0) is 16.4 Å². The molecule has 1 aliphatic rings. The lowest BCUT2D eigenvalue weighted by molar-refractivity contribution is 0.521. The van der Waals surface area contributed by atoms with Crippen molar-refractivity contribution in [1.29, 1.82) is 0 Å². The zero-order valence-corrected chi connectivity index (χ0v) is 11.1. The van der Waals surface area contributed by atoms with Crippen LogP contribution in [0.5, 0.6) is 0 Å². The van der Waals surface area contributed by atoms with Crippen molar-refractivity contribution in [3.05, 3.63) is 34.9 Å². The number of hydrogen-bond donors (Lipinski definition) is 1. The van der Waals surface area contributed by atoms with Gasteiger partial charge in [0, 0.05) is 11.6 Å². The van der Waals surface area contributed by atoms with Crippen LogP contribution in [0.4, 0.5) is 0 Å². The summed E-state index contributed by atoms with van der Waals surface area (Å²) in [5, 5.41) is 4.03. The second-order valence-corrected chi connectivity index (χ2v) is 7.19. The number of hydrogen-bond acceptors (Lipinski definition) is 3. The standard InChI is InChI=1S/C12H16ClNO2S/c13-12-3-1-10(2-4-12)7-14-8-11-5-6-17(15,16)9-11/h1-4,11,14H,5-9H2. The fraction of sp³-hybridized carbons (Fsp3) is 0.500. The first-order valence-corrected chi connectivity index (χ1v) is 7.91. The van der Waals surface area contributed by atoms with Crippen LogP contribution in [-0.4, -0.2) is 26.5 Å². The lowest BCUT2D eigenvalue weighted by Gasteiger charge is -2.09. The van der Waals surface area contributed by atoms with Crippen LogP contribution in [0, 0.1) is 5.92 Å². The van der Waals surface area contributed by atoms with Crippen molar-refractivity contribution < 1.29 is 8.42 Å². The van der Waals surface area contributed by atoms with Gasteiger partial charge in [0.25, 0.3) is 0 Å². The van der Waals surface area contributed by atoms with Gasteiger partial charge in [-0.05, 0) is 36.6 Å². The van der Waals surface area contributed by atoms with Gasteiger partial charge >= 0.3 is 0 Å². The molecule has 1 N–H and O–H groups in total. The van der Waals surface area contributed by atoms with E-state index in [0.29, 0.717) is 11.5 Å². The molecule has 0 bridgehead atoms. The van der Waals surface area contributed by atoms with Crippen LogP contribution in [0.25, 0.3) is 0 Å². The molecule has 1 atom stereocenters. The molecule has 17 heavy (non-hydrogen) atoms. The second kappa shape index (κ2) is 5.38. The lowest BCUT2D eigenvalue weighted by Crippen LogP contribution is -2.23. The van der Waals surface area contributed by atoms with E-state index in [2.05, 4.69) is 5.32 Å². The third-order valence-electron chi connectivity index (χ3n) is 3.00. The molecule has 0 amide bonds. The topological polar surface area (TPSA) is 46.2 Å². The van der Waals surface area contributed by atoms with Crippen molar-refractivity contribution in [1.82, 2.24) is 5.32 Å². The summed E-state index contributed by atoms with van der Waals surface area (Å²) in [5.41, 5.74) is 1.16. The number of benzene rings is 1. The summed E-state index contributed by atoms with van der Waals surface area (Å²) in [7, 11) is -2.75. The molecule has 1 saturated heterocycles. The van der Waals surface area contributed by atoms with Crippen molar-refractivity contribution in [2.45, 2.75) is 13.0 Å². The molecular weight excluding hydrogens is 258 g/mol. The SMILES string of the molecule is O=S1(=O)CCC(CNCc2ccc(Cl)cc2)C1. The normalized spacial score (nSPS) is 22.8. The Bertz CT molecular complexity index is 470. The Balaban J connectivity index is 1.75. The Morgan fingerprint density at radius 1 is 1.29 bits per heavy atom. The zero-order valence-electron chi connectivity index (χ0n) is 9.52. The van der Waals surface area contributed by atoms with E-state index in [1.54, 1.807) is 0 Å². The summed E-state index contributed by atoms with van der Waals surface area (Å²) >= 11 is 5.79. The van der Waals surface area contributed by atoms with Crippen LogP contribution in [0.1, 0.15) is 12.0 Å². The Hall–Kier alpha value is -0.580. The molecule has 1 aliphatic heterocycles. The highest BCUT2D eigenvalue weighted by Gasteiger charge is 2.27. The molecule has 0 radical (unpaired) electrons. The molecule has 1 heterocycles. The molecule has 0 aliphatic carbocycles. The van der Waals surface area contributed by atoms with Gasteiger partial charge in [-0.2, -0.15) is 0 Å². The van der Waals surface area contributed by atoms with Gasteiger partial charge in [-0.15, -0.1) is 0 Å². The summed E-state index contributed by atoms with van der Waals surface area (Å²) in [5.74, 6) is 0.952. The molecule has 1 fully saturated rings. The van der Waals surface area contributed by atoms with Gasteiger partial charge in [0.15, 0.2) is 9.84 Å². The molecule has 0 aromatic heterocycles. The molecule has 5 heteroatoms. The van der Waals surface area contributed by atoms with E-state index in [0.717, 1.165) is 30.1 Å². The van der Waals surface area contributed by atoms with E-state index >= 15 is 0 Å². The van der Waals surface area contributed by atoms with Crippen molar-refractivity contribution in [2.24, 2.45) is 5.92 Å². The molecule has 0 saturated carbocycles. The minimum absolute atomic E-state index is 0.271. The van der Waals surface area contributed by atoms with Crippen molar-refractivity contribution in [2.75, 3.05) is 18.1 Å². The van der Waals surface area contributed by atoms with Crippen LogP contribution < -0.4 is 5.32 Å². The number of halogens is 1. The van der Waals surface area contributed by atoms with Crippen LogP contribution in [0.15, 0.2) is 24.3 Å². The van der Waals surface area contributed by atoms with Gasteiger partial charge in [0.2, 0.25) is 0 Å². The first-order chi connectivity index (χ1) is 8.05. The van der Waals surface area contributed by atoms with Crippen molar-refractivity contribution in [3.8, 4) is 0 Å². The molecule has 2 rings (SSSR count). The van der Waals surface area contributed by atoms with E-state index in [4.69, 9.17) is 11.6 Å². The van der Waals surface area contributed by atoms with Gasteiger partial charge in [0.1, 0.15) is 0 Å². The predicted molar refractivity (Wildman–Crippen MR) is 69.9 cm³/mol. The number of nitrogens with one attached hydrogen (secondary N) is 1. The first-order valence-electron chi connectivity index (χ1n) is 5.71. The van der Waals surface area contributed by atoms with Crippen LogP contribution >= 0.6 is 11.6 Å². The van der Waals surface area contributed by atoms with E-state index in [1.807, 2.05) is 24.3 Å². The van der Waals surface area contributed by atoms with Gasteiger partial charge in [-0.3, -0.25) is 0 Å². The van der Waals surface area contributed by atoms with Crippen LogP contribution in [0.3, 0.4) is 0 Å². The second-order valence-electron chi connectivity index (χ2n) is 4.53. The van der Waals surface area contributed by atoms with Gasteiger partial charge < -0.3 is 5.32 Å². The fourth-order valence-electron chi connectivity index (χ4n) is 2.06. The summed E-state index contributed by atoms with van der Waals surface area (Å²) < 4.78 is 22.5. The van der Waals surface area contributed by atoms with E-state index in [1.165, 1.54) is 0 Å². The first kappa shape index (κ1) is 12.9. The molecule has 3 nitrogen and oxygen atoms in total. The third kappa shape index (κ3) is 3.98. The quantitative estimate of drug-likeness (QED) is 0.911. The Labute approximate surface area is 107 Å². The van der Waals surface area contributed by atoms with Crippen molar-refractivity contribution >= 4 is 21.4 Å². The van der Waals surface area contributed by atoms with Crippen molar-refractivity contribution in [3.63, 3.8) is 0 Å². The highest BCUT2D eigenvalue weighted by atomic mass is 35.5. The molecular formula is C12H16ClNO2S. The van der Waals surface area contributed by atoms with E-state index in [9.17, 15) is 8.42 Å². The third-order valence-corrected chi connectivity index (χ3v) is 5.09. The highest BCUT2D eigenvalue weighted by Crippen LogP contribution is 2.17. The van der Waals surface area contributed by atoms with Gasteiger partial charge in [0.05, 0.1) is 11.5 Å². The molecule has 1 unspecified atom stereocenters. The minimum atomic E-state index is -2.75. The largest absolute Gasteiger partial charge is 0.312 e. The zero-order chi connectivity index (χ0) is 12.3. The maximum atomic E-state index is 11.3. The minimum Gasteiger partial charge on any atom is -0.312 e. The summed E-state index contributed by atoms with van der Waals surface area (Å²) in [6.07, 6.45) is 0.788. The molecule has 1 aromatic rings. The summed E-state index contributed by atoms with van der Waals surface area (Å²) in [4.78, 5) is 0. The van der Waals surface area contributed by atoms with Gasteiger partial charge in [-0.25, -0.2) is 8.42 Å². The smallest absolute Gasteiger partial charge is 0.150 e. The maximum Gasteiger partial charge on any atom is 0.150 e.